The second-order valence-electron chi connectivity index (χ2n) is 3.50. The van der Waals surface area contributed by atoms with E-state index in [-0.39, 0.29) is 5.92 Å². The number of hydrogen-bond acceptors (Lipinski definition) is 3. The van der Waals surface area contributed by atoms with E-state index in [1.807, 2.05) is 6.07 Å². The predicted molar refractivity (Wildman–Crippen MR) is 55.8 cm³/mol. The van der Waals surface area contributed by atoms with Crippen LogP contribution >= 0.6 is 15.9 Å². The molecule has 0 amide bonds. The first-order chi connectivity index (χ1) is 6.77. The molecule has 4 heteroatoms. The molecule has 0 spiro atoms. The first kappa shape index (κ1) is 10.1. The number of hydrogen-bond donors (Lipinski definition) is 1. The van der Waals surface area contributed by atoms with Crippen molar-refractivity contribution < 1.29 is 9.84 Å². The second kappa shape index (κ2) is 4.38. The highest BCUT2D eigenvalue weighted by Crippen LogP contribution is 2.29. The Bertz CT molecular complexity index is 313. The van der Waals surface area contributed by atoms with Gasteiger partial charge < -0.3 is 9.84 Å². The summed E-state index contributed by atoms with van der Waals surface area (Å²) in [5.41, 5.74) is 0.856. The summed E-state index contributed by atoms with van der Waals surface area (Å²) in [7, 11) is 0. The predicted octanol–water partition coefficient (Wildman–Crippen LogP) is 1.91. The number of rotatable bonds is 2. The minimum absolute atomic E-state index is 0.214. The molecule has 0 bridgehead atoms. The lowest BCUT2D eigenvalue weighted by Gasteiger charge is -2.16. The summed E-state index contributed by atoms with van der Waals surface area (Å²) in [6.07, 6.45) is 3.88. The van der Waals surface area contributed by atoms with Crippen LogP contribution in [0.4, 0.5) is 0 Å². The number of ether oxygens (including phenoxy) is 1. The van der Waals surface area contributed by atoms with Crippen LogP contribution in [0.15, 0.2) is 22.9 Å². The van der Waals surface area contributed by atoms with Crippen molar-refractivity contribution in [2.45, 2.75) is 12.5 Å². The molecule has 1 fully saturated rings. The van der Waals surface area contributed by atoms with E-state index in [2.05, 4.69) is 20.9 Å². The Kier molecular flexibility index (Phi) is 3.15. The third-order valence-corrected chi connectivity index (χ3v) is 2.91. The Hall–Kier alpha value is -0.450. The van der Waals surface area contributed by atoms with Crippen LogP contribution in [-0.4, -0.2) is 23.3 Å². The average Bonchev–Trinajstić information content (AvgIpc) is 2.69. The molecule has 2 atom stereocenters. The van der Waals surface area contributed by atoms with Crippen LogP contribution in [0.1, 0.15) is 18.1 Å². The maximum absolute atomic E-state index is 10.0. The maximum atomic E-state index is 10.0. The van der Waals surface area contributed by atoms with E-state index in [9.17, 15) is 5.11 Å². The highest BCUT2D eigenvalue weighted by molar-refractivity contribution is 9.10. The van der Waals surface area contributed by atoms with Gasteiger partial charge in [0.25, 0.3) is 0 Å². The number of aliphatic hydroxyl groups excluding tert-OH is 1. The fourth-order valence-corrected chi connectivity index (χ4v) is 2.05. The smallest absolute Gasteiger partial charge is 0.0856 e. The molecule has 0 aliphatic carbocycles. The summed E-state index contributed by atoms with van der Waals surface area (Å²) in [5.74, 6) is 0.214. The Balaban J connectivity index is 2.13. The van der Waals surface area contributed by atoms with Gasteiger partial charge in [-0.25, -0.2) is 0 Å². The van der Waals surface area contributed by atoms with E-state index in [1.165, 1.54) is 0 Å². The van der Waals surface area contributed by atoms with Gasteiger partial charge in [-0.3, -0.25) is 4.98 Å². The van der Waals surface area contributed by atoms with Crippen molar-refractivity contribution in [3.63, 3.8) is 0 Å². The first-order valence-corrected chi connectivity index (χ1v) is 5.43. The number of halogens is 1. The molecular formula is C10H12BrNO2. The van der Waals surface area contributed by atoms with Gasteiger partial charge in [-0.2, -0.15) is 0 Å². The van der Waals surface area contributed by atoms with Gasteiger partial charge in [-0.1, -0.05) is 0 Å². The van der Waals surface area contributed by atoms with E-state index in [4.69, 9.17) is 4.74 Å². The molecule has 76 valence electrons. The van der Waals surface area contributed by atoms with Crippen LogP contribution < -0.4 is 0 Å². The SMILES string of the molecule is OC(c1cncc(Br)c1)C1CCOC1. The van der Waals surface area contributed by atoms with E-state index < -0.39 is 6.10 Å². The molecule has 3 nitrogen and oxygen atoms in total. The van der Waals surface area contributed by atoms with Crippen molar-refractivity contribution in [3.8, 4) is 0 Å². The quantitative estimate of drug-likeness (QED) is 0.881. The van der Waals surface area contributed by atoms with Crippen molar-refractivity contribution in [1.29, 1.82) is 0 Å². The van der Waals surface area contributed by atoms with E-state index in [0.29, 0.717) is 6.61 Å². The molecule has 1 aliphatic rings. The van der Waals surface area contributed by atoms with E-state index >= 15 is 0 Å². The monoisotopic (exact) mass is 257 g/mol. The van der Waals surface area contributed by atoms with E-state index in [1.54, 1.807) is 12.4 Å². The van der Waals surface area contributed by atoms with Crippen LogP contribution in [0.25, 0.3) is 0 Å². The molecule has 14 heavy (non-hydrogen) atoms. The Morgan fingerprint density at radius 1 is 1.57 bits per heavy atom. The molecule has 1 aliphatic heterocycles. The van der Waals surface area contributed by atoms with Crippen LogP contribution in [0.3, 0.4) is 0 Å². The van der Waals surface area contributed by atoms with Crippen LogP contribution in [0, 0.1) is 5.92 Å². The number of aliphatic hydroxyl groups is 1. The molecule has 0 saturated carbocycles. The average molecular weight is 258 g/mol. The fraction of sp³-hybridized carbons (Fsp3) is 0.500. The molecule has 1 aromatic rings. The molecule has 1 aromatic heterocycles. The minimum Gasteiger partial charge on any atom is -0.388 e. The summed E-state index contributed by atoms with van der Waals surface area (Å²) < 4.78 is 6.13. The molecule has 2 rings (SSSR count). The van der Waals surface area contributed by atoms with Gasteiger partial charge in [-0.05, 0) is 28.4 Å². The third kappa shape index (κ3) is 2.13. The molecular weight excluding hydrogens is 246 g/mol. The fourth-order valence-electron chi connectivity index (χ4n) is 1.66. The van der Waals surface area contributed by atoms with Crippen molar-refractivity contribution in [2.24, 2.45) is 5.92 Å². The van der Waals surface area contributed by atoms with Crippen molar-refractivity contribution in [3.05, 3.63) is 28.5 Å². The van der Waals surface area contributed by atoms with Crippen LogP contribution in [0.5, 0.6) is 0 Å². The minimum atomic E-state index is -0.456. The molecule has 0 radical (unpaired) electrons. The molecule has 1 N–H and O–H groups in total. The maximum Gasteiger partial charge on any atom is 0.0856 e. The standard InChI is InChI=1S/C10H12BrNO2/c11-9-3-8(4-12-5-9)10(13)7-1-2-14-6-7/h3-5,7,10,13H,1-2,6H2. The van der Waals surface area contributed by atoms with Gasteiger partial charge >= 0.3 is 0 Å². The normalized spacial score (nSPS) is 23.7. The highest BCUT2D eigenvalue weighted by atomic mass is 79.9. The summed E-state index contributed by atoms with van der Waals surface area (Å²) >= 11 is 3.33. The summed E-state index contributed by atoms with van der Waals surface area (Å²) in [4.78, 5) is 4.03. The van der Waals surface area contributed by atoms with Gasteiger partial charge in [0.15, 0.2) is 0 Å². The van der Waals surface area contributed by atoms with Gasteiger partial charge in [-0.15, -0.1) is 0 Å². The molecule has 0 aromatic carbocycles. The van der Waals surface area contributed by atoms with Gasteiger partial charge in [0, 0.05) is 35.0 Å². The summed E-state index contributed by atoms with van der Waals surface area (Å²) in [6.45, 7) is 1.40. The number of aromatic nitrogens is 1. The number of pyridine rings is 1. The topological polar surface area (TPSA) is 42.4 Å². The lowest BCUT2D eigenvalue weighted by Crippen LogP contribution is -2.12. The highest BCUT2D eigenvalue weighted by Gasteiger charge is 2.25. The van der Waals surface area contributed by atoms with Gasteiger partial charge in [0.05, 0.1) is 12.7 Å². The van der Waals surface area contributed by atoms with Crippen molar-refractivity contribution in [1.82, 2.24) is 4.98 Å². The first-order valence-electron chi connectivity index (χ1n) is 4.63. The Morgan fingerprint density at radius 2 is 2.43 bits per heavy atom. The Morgan fingerprint density at radius 3 is 3.07 bits per heavy atom. The Labute approximate surface area is 91.2 Å². The zero-order valence-corrected chi connectivity index (χ0v) is 9.27. The van der Waals surface area contributed by atoms with Crippen molar-refractivity contribution >= 4 is 15.9 Å². The van der Waals surface area contributed by atoms with Crippen LogP contribution in [-0.2, 0) is 4.74 Å². The largest absolute Gasteiger partial charge is 0.388 e. The zero-order valence-electron chi connectivity index (χ0n) is 7.69. The van der Waals surface area contributed by atoms with Gasteiger partial charge in [0.2, 0.25) is 0 Å². The van der Waals surface area contributed by atoms with E-state index in [0.717, 1.165) is 23.1 Å². The molecule has 1 saturated heterocycles. The third-order valence-electron chi connectivity index (χ3n) is 2.48. The second-order valence-corrected chi connectivity index (χ2v) is 4.42. The lowest BCUT2D eigenvalue weighted by atomic mass is 9.96. The summed E-state index contributed by atoms with van der Waals surface area (Å²) in [5, 5.41) is 10.0. The van der Waals surface area contributed by atoms with Gasteiger partial charge in [0.1, 0.15) is 0 Å². The molecule has 2 heterocycles. The summed E-state index contributed by atoms with van der Waals surface area (Å²) in [6, 6.07) is 1.90. The lowest BCUT2D eigenvalue weighted by molar-refractivity contribution is 0.0915. The van der Waals surface area contributed by atoms with Crippen LogP contribution in [0.2, 0.25) is 0 Å². The molecule has 2 unspecified atom stereocenters. The zero-order chi connectivity index (χ0) is 9.97. The van der Waals surface area contributed by atoms with Crippen molar-refractivity contribution in [2.75, 3.05) is 13.2 Å². The number of nitrogens with zero attached hydrogens (tertiary/aromatic N) is 1.